The van der Waals surface area contributed by atoms with Gasteiger partial charge in [0.2, 0.25) is 0 Å². The first-order chi connectivity index (χ1) is 71.8. The Kier molecular flexibility index (Phi) is 29.5. The number of nitrogens with zero attached hydrogens (tertiary/aromatic N) is 17. The van der Waals surface area contributed by atoms with Crippen LogP contribution in [0.1, 0.15) is 226 Å². The van der Waals surface area contributed by atoms with E-state index in [0.29, 0.717) is 17.9 Å². The normalized spacial score (nSPS) is 13.2. The van der Waals surface area contributed by atoms with Crippen molar-refractivity contribution < 1.29 is 41.6 Å². The summed E-state index contributed by atoms with van der Waals surface area (Å²) in [6.45, 7) is 62.6. The lowest BCUT2D eigenvalue weighted by Crippen LogP contribution is -2.28. The number of benzene rings is 5. The molecular formula is C117H130N22O11. The zero-order chi connectivity index (χ0) is 107. The van der Waals surface area contributed by atoms with Crippen LogP contribution in [0.5, 0.6) is 17.2 Å². The molecule has 0 aliphatic carbocycles. The van der Waals surface area contributed by atoms with Gasteiger partial charge in [-0.15, -0.1) is 0 Å². The molecule has 774 valence electrons. The number of nitrogens with one attached hydrogen (secondary N) is 5. The van der Waals surface area contributed by atoms with E-state index in [1.807, 2.05) is 233 Å². The van der Waals surface area contributed by atoms with Crippen LogP contribution in [0.2, 0.25) is 0 Å². The van der Waals surface area contributed by atoms with Gasteiger partial charge < -0.3 is 72.0 Å². The fourth-order valence-corrected chi connectivity index (χ4v) is 20.3. The van der Waals surface area contributed by atoms with E-state index in [9.17, 15) is 9.59 Å². The molecule has 0 saturated carbocycles. The third-order valence-electron chi connectivity index (χ3n) is 26.9. The quantitative estimate of drug-likeness (QED) is 0.0502. The number of aromatic nitrogens is 19. The fraction of sp³-hybridized carbons (Fsp3) is 0.342. The number of anilines is 3. The molecule has 23 rings (SSSR count). The number of ether oxygens (including phenoxy) is 4. The average molecular weight is 2020 g/mol. The number of imidazole rings is 4. The van der Waals surface area contributed by atoms with Crippen LogP contribution in [-0.2, 0) is 11.3 Å². The Morgan fingerprint density at radius 1 is 0.460 bits per heavy atom. The predicted molar refractivity (Wildman–Crippen MR) is 591 cm³/mol. The molecule has 18 heterocycles. The molecule has 0 radical (unpaired) electrons. The van der Waals surface area contributed by atoms with Crippen LogP contribution in [-0.4, -0.2) is 126 Å². The van der Waals surface area contributed by atoms with Gasteiger partial charge in [-0.1, -0.05) is 78.8 Å². The molecule has 150 heavy (non-hydrogen) atoms. The Labute approximate surface area is 868 Å². The largest absolute Gasteiger partial charge is 0.490 e. The number of aryl methyl sites for hydroxylation is 13. The van der Waals surface area contributed by atoms with E-state index in [0.717, 1.165) is 313 Å². The average Bonchev–Trinajstić information content (AvgIpc) is 1.56. The van der Waals surface area contributed by atoms with Crippen LogP contribution in [0.15, 0.2) is 179 Å². The highest BCUT2D eigenvalue weighted by molar-refractivity contribution is 6.08. The van der Waals surface area contributed by atoms with Gasteiger partial charge in [-0.2, -0.15) is 0 Å². The van der Waals surface area contributed by atoms with E-state index in [1.54, 1.807) is 17.0 Å². The van der Waals surface area contributed by atoms with E-state index in [1.165, 1.54) is 0 Å². The number of fused-ring (bicyclic) bond motifs is 15. The smallest absolute Gasteiger partial charge is 0.330 e. The minimum absolute atomic E-state index is 0.000827. The highest BCUT2D eigenvalue weighted by atomic mass is 16.5. The van der Waals surface area contributed by atoms with Crippen LogP contribution < -0.4 is 52.0 Å². The number of pyridine rings is 6. The third-order valence-corrected chi connectivity index (χ3v) is 26.9. The van der Waals surface area contributed by atoms with Gasteiger partial charge in [-0.05, 0) is 285 Å². The van der Waals surface area contributed by atoms with Crippen molar-refractivity contribution in [3.05, 3.63) is 264 Å². The molecule has 2 atom stereocenters. The first-order valence-corrected chi connectivity index (χ1v) is 51.2. The maximum Gasteiger partial charge on any atom is 0.330 e. The zero-order valence-corrected chi connectivity index (χ0v) is 90.1. The lowest BCUT2D eigenvalue weighted by Gasteiger charge is -2.27. The van der Waals surface area contributed by atoms with Crippen LogP contribution in [0.4, 0.5) is 17.1 Å². The van der Waals surface area contributed by atoms with Crippen molar-refractivity contribution in [2.24, 2.45) is 5.92 Å². The van der Waals surface area contributed by atoms with E-state index in [-0.39, 0.29) is 47.8 Å². The van der Waals surface area contributed by atoms with E-state index >= 15 is 0 Å². The van der Waals surface area contributed by atoms with Crippen molar-refractivity contribution in [1.29, 1.82) is 0 Å². The van der Waals surface area contributed by atoms with Gasteiger partial charge in [0.25, 0.3) is 0 Å². The molecule has 1 fully saturated rings. The van der Waals surface area contributed by atoms with Crippen molar-refractivity contribution in [2.75, 3.05) is 28.7 Å². The standard InChI is InChI=1S/C26H27N5O2.C24H23N5O.C23H26N4O3.C21H24N4O3.C19H20N4O2.C4H10/c1-14(2)30-23-13-28-22-12-19(24-16(4)29-33-18(24)6)15(3)11-20(22)25(23)31(26(30)32)17(5)21-9-7-8-10-27-21;1-13-10-19-21(11-18(13)23-14(2)28-30-16(23)4)26-12-22-24(19)29(17(5)27-22)15(3)20-8-6-7-9-25-20;1-12(2)29-20-10-16-18(9-17(20)21-13(3)27-30-14(21)4)24-11-19-22(16)26-23(25-19)15-5-7-28-8-6-15;1-6-7-25-17-10-22-16-8-15(19-12(4)24-28-13(19)5)18(27-11(2)3)9-14(16)20(17)23-21(25)26;1-9(2)24-17-7-13-15(20-8-16-19(13)22-12(5)21-16)6-14(17)18-10(3)23-25-11(18)4;1-4(2)3/h7-14,17H,1-6H3;6-12,15,27H,5H2,1-4H3;9-12,15H,5-8H2,1-4H3,(H,25,26);8-11H,6-7H2,1-5H3,(H,23,26);6-9,20-21H,5H2,1-4H3;4H,1-3H3/t17-;15-;;;;/m11..../s1. The number of rotatable bonds is 19. The summed E-state index contributed by atoms with van der Waals surface area (Å²) in [5, 5.41) is 32.0. The van der Waals surface area contributed by atoms with Crippen molar-refractivity contribution in [3.8, 4) is 84.1 Å². The summed E-state index contributed by atoms with van der Waals surface area (Å²) in [5.74, 6) is 9.23. The predicted octanol–water partition coefficient (Wildman–Crippen LogP) is 25.0. The summed E-state index contributed by atoms with van der Waals surface area (Å²) < 4.78 is 56.3. The molecule has 0 bridgehead atoms. The molecule has 0 unspecified atom stereocenters. The van der Waals surface area contributed by atoms with Gasteiger partial charge in [-0.3, -0.25) is 43.6 Å². The molecule has 3 aliphatic rings. The second-order valence-electron chi connectivity index (χ2n) is 40.5. The first kappa shape index (κ1) is 104. The van der Waals surface area contributed by atoms with Gasteiger partial charge in [0, 0.05) is 111 Å². The van der Waals surface area contributed by atoms with Crippen molar-refractivity contribution in [2.45, 2.75) is 248 Å². The molecule has 1 saturated heterocycles. The van der Waals surface area contributed by atoms with Gasteiger partial charge in [-0.25, -0.2) is 19.6 Å². The minimum Gasteiger partial charge on any atom is -0.490 e. The molecule has 33 nitrogen and oxygen atoms in total. The molecule has 15 aromatic heterocycles. The number of aromatic amines is 3. The summed E-state index contributed by atoms with van der Waals surface area (Å²) >= 11 is 0. The van der Waals surface area contributed by atoms with Gasteiger partial charge in [0.1, 0.15) is 63.2 Å². The monoisotopic (exact) mass is 2020 g/mol. The third kappa shape index (κ3) is 20.3. The van der Waals surface area contributed by atoms with E-state index < -0.39 is 0 Å². The van der Waals surface area contributed by atoms with E-state index in [2.05, 4.69) is 173 Å². The summed E-state index contributed by atoms with van der Waals surface area (Å²) in [4.78, 5) is 75.3. The Morgan fingerprint density at radius 3 is 1.42 bits per heavy atom. The lowest BCUT2D eigenvalue weighted by atomic mass is 9.96. The summed E-state index contributed by atoms with van der Waals surface area (Å²) in [7, 11) is 0. The van der Waals surface area contributed by atoms with Crippen molar-refractivity contribution in [3.63, 3.8) is 0 Å². The summed E-state index contributed by atoms with van der Waals surface area (Å²) in [5.41, 5.74) is 32.0. The van der Waals surface area contributed by atoms with Gasteiger partial charge in [0.05, 0.1) is 189 Å². The molecular weight excluding hydrogens is 1890 g/mol. The SMILES string of the molecule is C=C1Nc2cnc3cc(-c4c(C)noc4C)c(C)cc3c2N1[C@H](C)c1ccccn1.C=c1nc2c([nH]1)=CNc1cc(-c3c(C)noc3C)c(OC(C)C)cc1-2.CC(C)C.CCCn1c(=O)[nH]c2c3cc(OC(C)C)c(-c4c(C)noc4C)cc3ncc21.Cc1cc2c(cc1-c1c(C)noc1C)ncc1c2n([C@H](C)c2ccccn2)c(=O)n1C(C)C.Cc1noc(C)c1-c1cc2ncc3[nH]c(C4CCOCC4)nc3c2cc1OC(C)C. The first-order valence-electron chi connectivity index (χ1n) is 51.2. The Bertz CT molecular complexity index is 8650. The molecule has 0 spiro atoms. The molecule has 0 amide bonds. The number of hydrogen-bond donors (Lipinski definition) is 5. The van der Waals surface area contributed by atoms with E-state index in [4.69, 9.17) is 61.5 Å². The Hall–Kier alpha value is -16.5. The van der Waals surface area contributed by atoms with Crippen LogP contribution in [0.3, 0.4) is 0 Å². The molecule has 3 aliphatic heterocycles. The molecule has 20 aromatic rings. The van der Waals surface area contributed by atoms with Gasteiger partial charge >= 0.3 is 11.4 Å². The number of H-pyrrole nitrogens is 3. The molecule has 33 heteroatoms. The summed E-state index contributed by atoms with van der Waals surface area (Å²) in [6, 6.07) is 32.2. The van der Waals surface area contributed by atoms with Crippen LogP contribution >= 0.6 is 0 Å². The Balaban J connectivity index is 0.000000121. The maximum absolute atomic E-state index is 13.7. The zero-order valence-electron chi connectivity index (χ0n) is 90.1. The summed E-state index contributed by atoms with van der Waals surface area (Å²) in [6.07, 6.45) is 15.7. The highest BCUT2D eigenvalue weighted by Gasteiger charge is 2.34. The van der Waals surface area contributed by atoms with Crippen LogP contribution in [0, 0.1) is 89.0 Å². The molecule has 5 aromatic carbocycles. The lowest BCUT2D eigenvalue weighted by molar-refractivity contribution is 0.0838. The Morgan fingerprint density at radius 2 is 0.920 bits per heavy atom. The topological polar surface area (TPSA) is 394 Å². The van der Waals surface area contributed by atoms with Gasteiger partial charge in [0.15, 0.2) is 0 Å². The highest BCUT2D eigenvalue weighted by Crippen LogP contribution is 2.50. The minimum atomic E-state index is -0.227. The molecule has 5 N–H and O–H groups in total. The van der Waals surface area contributed by atoms with Crippen LogP contribution in [0.25, 0.3) is 156 Å². The van der Waals surface area contributed by atoms with Crippen molar-refractivity contribution >= 4 is 107 Å². The second-order valence-corrected chi connectivity index (χ2v) is 40.5. The van der Waals surface area contributed by atoms with Crippen molar-refractivity contribution in [1.82, 2.24) is 94.3 Å². The number of hydrogen-bond acceptors (Lipinski definition) is 27. The maximum atomic E-state index is 13.7. The second kappa shape index (κ2) is 42.8. The fourth-order valence-electron chi connectivity index (χ4n) is 20.3.